The minimum Gasteiger partial charge on any atom is -0.497 e. The SMILES string of the molecule is COc1ccc2c(c1)C(c1ccc(Cl)cc1)=N[C@@H](CC(=O)OC(C)(C)C)c1nnc(C)n1-2. The summed E-state index contributed by atoms with van der Waals surface area (Å²) in [7, 11) is 1.62. The smallest absolute Gasteiger partial charge is 0.308 e. The van der Waals surface area contributed by atoms with Gasteiger partial charge in [-0.15, -0.1) is 10.2 Å². The van der Waals surface area contributed by atoms with Crippen molar-refractivity contribution in [3.63, 3.8) is 0 Å². The van der Waals surface area contributed by atoms with Crippen molar-refractivity contribution in [1.82, 2.24) is 14.8 Å². The Morgan fingerprint density at radius 1 is 1.12 bits per heavy atom. The zero-order valence-electron chi connectivity index (χ0n) is 18.7. The van der Waals surface area contributed by atoms with Crippen LogP contribution in [0.1, 0.15) is 56.0 Å². The lowest BCUT2D eigenvalue weighted by Gasteiger charge is -2.20. The zero-order chi connectivity index (χ0) is 23.0. The van der Waals surface area contributed by atoms with Gasteiger partial charge in [-0.2, -0.15) is 0 Å². The van der Waals surface area contributed by atoms with E-state index in [2.05, 4.69) is 10.2 Å². The highest BCUT2D eigenvalue weighted by Gasteiger charge is 2.31. The molecule has 0 saturated carbocycles. The van der Waals surface area contributed by atoms with E-state index in [4.69, 9.17) is 26.1 Å². The maximum atomic E-state index is 12.7. The van der Waals surface area contributed by atoms with Gasteiger partial charge in [0.1, 0.15) is 23.2 Å². The Bertz CT molecular complexity index is 1190. The molecule has 0 amide bonds. The van der Waals surface area contributed by atoms with Crippen molar-refractivity contribution in [3.05, 3.63) is 70.3 Å². The molecule has 1 aliphatic rings. The highest BCUT2D eigenvalue weighted by molar-refractivity contribution is 6.30. The van der Waals surface area contributed by atoms with E-state index < -0.39 is 11.6 Å². The van der Waals surface area contributed by atoms with Gasteiger partial charge in [-0.05, 0) is 58.0 Å². The lowest BCUT2D eigenvalue weighted by Crippen LogP contribution is -2.25. The largest absolute Gasteiger partial charge is 0.497 e. The van der Waals surface area contributed by atoms with Crippen molar-refractivity contribution < 1.29 is 14.3 Å². The Kier molecular flexibility index (Phi) is 5.77. The summed E-state index contributed by atoms with van der Waals surface area (Å²) in [5.41, 5.74) is 2.71. The lowest BCUT2D eigenvalue weighted by molar-refractivity contribution is -0.155. The van der Waals surface area contributed by atoms with Gasteiger partial charge >= 0.3 is 5.97 Å². The van der Waals surface area contributed by atoms with Crippen LogP contribution in [0.4, 0.5) is 0 Å². The molecule has 1 aromatic heterocycles. The third kappa shape index (κ3) is 4.39. The highest BCUT2D eigenvalue weighted by Crippen LogP contribution is 2.34. The first-order valence-electron chi connectivity index (χ1n) is 10.3. The quantitative estimate of drug-likeness (QED) is 0.528. The third-order valence-corrected chi connectivity index (χ3v) is 5.28. The van der Waals surface area contributed by atoms with Gasteiger partial charge < -0.3 is 9.47 Å². The first-order valence-corrected chi connectivity index (χ1v) is 10.7. The second kappa shape index (κ2) is 8.39. The fraction of sp³-hybridized carbons (Fsp3) is 0.333. The molecule has 2 aromatic carbocycles. The van der Waals surface area contributed by atoms with Gasteiger partial charge in [0, 0.05) is 16.1 Å². The molecular formula is C24H25ClN4O3. The number of aromatic nitrogens is 3. The van der Waals surface area contributed by atoms with Crippen molar-refractivity contribution in [2.75, 3.05) is 7.11 Å². The summed E-state index contributed by atoms with van der Waals surface area (Å²) < 4.78 is 13.0. The van der Waals surface area contributed by atoms with Crippen LogP contribution in [0.15, 0.2) is 47.5 Å². The second-order valence-corrected chi connectivity index (χ2v) is 9.05. The lowest BCUT2D eigenvalue weighted by atomic mass is 10.00. The molecule has 0 unspecified atom stereocenters. The molecule has 0 N–H and O–H groups in total. The molecule has 1 aliphatic heterocycles. The number of aryl methyl sites for hydroxylation is 1. The monoisotopic (exact) mass is 452 g/mol. The molecule has 3 aromatic rings. The number of halogens is 1. The molecule has 8 heteroatoms. The first kappa shape index (κ1) is 22.0. The van der Waals surface area contributed by atoms with Gasteiger partial charge in [-0.3, -0.25) is 14.4 Å². The van der Waals surface area contributed by atoms with Crippen molar-refractivity contribution in [1.29, 1.82) is 0 Å². The number of esters is 1. The molecule has 166 valence electrons. The number of fused-ring (bicyclic) bond motifs is 3. The van der Waals surface area contributed by atoms with Crippen LogP contribution in [0.5, 0.6) is 5.75 Å². The average molecular weight is 453 g/mol. The number of hydrogen-bond acceptors (Lipinski definition) is 6. The van der Waals surface area contributed by atoms with Crippen LogP contribution < -0.4 is 4.74 Å². The average Bonchev–Trinajstić information content (AvgIpc) is 3.05. The summed E-state index contributed by atoms with van der Waals surface area (Å²) in [5, 5.41) is 9.27. The number of hydrogen-bond donors (Lipinski definition) is 0. The van der Waals surface area contributed by atoms with Gasteiger partial charge in [0.2, 0.25) is 0 Å². The van der Waals surface area contributed by atoms with E-state index in [9.17, 15) is 4.79 Å². The summed E-state index contributed by atoms with van der Waals surface area (Å²) in [6.45, 7) is 7.40. The number of carbonyl (C=O) groups excluding carboxylic acids is 1. The molecule has 0 radical (unpaired) electrons. The Balaban J connectivity index is 1.91. The van der Waals surface area contributed by atoms with Crippen LogP contribution in [0.25, 0.3) is 5.69 Å². The molecule has 0 fully saturated rings. The van der Waals surface area contributed by atoms with Gasteiger partial charge in [0.25, 0.3) is 0 Å². The first-order chi connectivity index (χ1) is 15.2. The Morgan fingerprint density at radius 3 is 2.50 bits per heavy atom. The molecule has 0 spiro atoms. The number of carbonyl (C=O) groups is 1. The number of rotatable bonds is 4. The normalized spacial score (nSPS) is 15.3. The summed E-state index contributed by atoms with van der Waals surface area (Å²) in [6, 6.07) is 12.7. The van der Waals surface area contributed by atoms with E-state index in [0.717, 1.165) is 16.8 Å². The number of nitrogens with zero attached hydrogens (tertiary/aromatic N) is 4. The summed E-state index contributed by atoms with van der Waals surface area (Å²) in [5.74, 6) is 1.64. The van der Waals surface area contributed by atoms with Crippen molar-refractivity contribution in [2.24, 2.45) is 4.99 Å². The summed E-state index contributed by atoms with van der Waals surface area (Å²) in [4.78, 5) is 17.7. The fourth-order valence-electron chi connectivity index (χ4n) is 3.72. The van der Waals surface area contributed by atoms with Gasteiger partial charge in [-0.25, -0.2) is 0 Å². The van der Waals surface area contributed by atoms with E-state index in [0.29, 0.717) is 28.1 Å². The molecule has 1 atom stereocenters. The van der Waals surface area contributed by atoms with Crippen molar-refractivity contribution >= 4 is 23.3 Å². The molecule has 32 heavy (non-hydrogen) atoms. The molecule has 4 rings (SSSR count). The molecular weight excluding hydrogens is 428 g/mol. The summed E-state index contributed by atoms with van der Waals surface area (Å²) in [6.07, 6.45) is 0.0393. The molecule has 7 nitrogen and oxygen atoms in total. The maximum Gasteiger partial charge on any atom is 0.308 e. The van der Waals surface area contributed by atoms with E-state index in [1.807, 2.05) is 74.7 Å². The maximum absolute atomic E-state index is 12.7. The van der Waals surface area contributed by atoms with Gasteiger partial charge in [0.15, 0.2) is 5.82 Å². The van der Waals surface area contributed by atoms with Crippen LogP contribution in [-0.4, -0.2) is 39.2 Å². The molecule has 0 bridgehead atoms. The topological polar surface area (TPSA) is 78.6 Å². The predicted molar refractivity (Wildman–Crippen MR) is 123 cm³/mol. The van der Waals surface area contributed by atoms with Gasteiger partial charge in [0.05, 0.1) is 24.9 Å². The van der Waals surface area contributed by atoms with Crippen LogP contribution in [0.3, 0.4) is 0 Å². The van der Waals surface area contributed by atoms with Crippen molar-refractivity contribution in [2.45, 2.75) is 45.8 Å². The predicted octanol–water partition coefficient (Wildman–Crippen LogP) is 4.86. The standard InChI is InChI=1S/C24H25ClN4O3/c1-14-27-28-23-19(13-21(30)32-24(2,3)4)26-22(15-6-8-16(25)9-7-15)18-12-17(31-5)10-11-20(18)29(14)23/h6-12,19H,13H2,1-5H3/t19-/m0/s1. The molecule has 2 heterocycles. The van der Waals surface area contributed by atoms with Gasteiger partial charge in [-0.1, -0.05) is 23.7 Å². The fourth-order valence-corrected chi connectivity index (χ4v) is 3.84. The molecule has 0 aliphatic carbocycles. The minimum absolute atomic E-state index is 0.0393. The van der Waals surface area contributed by atoms with E-state index in [-0.39, 0.29) is 12.4 Å². The zero-order valence-corrected chi connectivity index (χ0v) is 19.5. The van der Waals surface area contributed by atoms with Crippen LogP contribution >= 0.6 is 11.6 Å². The Morgan fingerprint density at radius 2 is 1.84 bits per heavy atom. The number of ether oxygens (including phenoxy) is 2. The summed E-state index contributed by atoms with van der Waals surface area (Å²) >= 11 is 6.12. The van der Waals surface area contributed by atoms with E-state index in [1.165, 1.54) is 0 Å². The number of aliphatic imine (C=N–C) groups is 1. The van der Waals surface area contributed by atoms with Crippen LogP contribution in [0.2, 0.25) is 5.02 Å². The molecule has 0 saturated heterocycles. The third-order valence-electron chi connectivity index (χ3n) is 5.03. The Hall–Kier alpha value is -3.19. The van der Waals surface area contributed by atoms with Crippen LogP contribution in [0, 0.1) is 6.92 Å². The van der Waals surface area contributed by atoms with E-state index >= 15 is 0 Å². The minimum atomic E-state index is -0.593. The van der Waals surface area contributed by atoms with E-state index in [1.54, 1.807) is 7.11 Å². The Labute approximate surface area is 192 Å². The number of benzene rings is 2. The number of methoxy groups -OCH3 is 1. The second-order valence-electron chi connectivity index (χ2n) is 8.61. The van der Waals surface area contributed by atoms with Crippen molar-refractivity contribution in [3.8, 4) is 11.4 Å². The highest BCUT2D eigenvalue weighted by atomic mass is 35.5. The van der Waals surface area contributed by atoms with Crippen LogP contribution in [-0.2, 0) is 9.53 Å².